The zero-order valence-corrected chi connectivity index (χ0v) is 13.2. The van der Waals surface area contributed by atoms with Gasteiger partial charge in [0.2, 0.25) is 0 Å². The van der Waals surface area contributed by atoms with Crippen LogP contribution < -0.4 is 15.8 Å². The van der Waals surface area contributed by atoms with E-state index in [1.54, 1.807) is 18.2 Å². The van der Waals surface area contributed by atoms with Crippen LogP contribution >= 0.6 is 0 Å². The third-order valence-corrected chi connectivity index (χ3v) is 3.44. The maximum Gasteiger partial charge on any atom is 0.258 e. The van der Waals surface area contributed by atoms with Crippen LogP contribution in [0.1, 0.15) is 34.5 Å². The molecule has 0 unspecified atom stereocenters. The number of carbonyl (C=O) groups excluding carboxylic acids is 2. The molecule has 5 heteroatoms. The van der Waals surface area contributed by atoms with E-state index in [-0.39, 0.29) is 24.1 Å². The van der Waals surface area contributed by atoms with E-state index in [0.29, 0.717) is 5.75 Å². The summed E-state index contributed by atoms with van der Waals surface area (Å²) in [6.07, 6.45) is 0. The van der Waals surface area contributed by atoms with Gasteiger partial charge in [0.15, 0.2) is 6.61 Å². The summed E-state index contributed by atoms with van der Waals surface area (Å²) in [5.74, 6) is -0.531. The number of carbonyl (C=O) groups is 2. The predicted octanol–water partition coefficient (Wildman–Crippen LogP) is 2.35. The number of nitrogens with two attached hydrogens (primary N) is 1. The first-order valence-electron chi connectivity index (χ1n) is 7.35. The molecule has 5 nitrogen and oxygen atoms in total. The molecule has 0 spiro atoms. The number of benzene rings is 2. The van der Waals surface area contributed by atoms with E-state index < -0.39 is 5.91 Å². The van der Waals surface area contributed by atoms with Gasteiger partial charge in [-0.15, -0.1) is 0 Å². The summed E-state index contributed by atoms with van der Waals surface area (Å²) in [5.41, 5.74) is 7.50. The Morgan fingerprint density at radius 1 is 1.17 bits per heavy atom. The third kappa shape index (κ3) is 4.57. The summed E-state index contributed by atoms with van der Waals surface area (Å²) in [5, 5.41) is 2.85. The van der Waals surface area contributed by atoms with E-state index in [4.69, 9.17) is 10.5 Å². The molecule has 2 rings (SSSR count). The number of primary amides is 1. The average Bonchev–Trinajstić information content (AvgIpc) is 2.53. The molecule has 0 aliphatic carbocycles. The smallest absolute Gasteiger partial charge is 0.258 e. The number of aryl methyl sites for hydroxylation is 1. The molecule has 0 saturated heterocycles. The van der Waals surface area contributed by atoms with Crippen molar-refractivity contribution in [3.63, 3.8) is 0 Å². The van der Waals surface area contributed by atoms with Crippen molar-refractivity contribution in [2.24, 2.45) is 5.73 Å². The van der Waals surface area contributed by atoms with Gasteiger partial charge in [-0.05, 0) is 37.1 Å². The van der Waals surface area contributed by atoms with Gasteiger partial charge < -0.3 is 15.8 Å². The SMILES string of the molecule is Cc1ccc(C(N)=O)c(OCC(=O)N[C@H](C)c2ccccc2)c1. The largest absolute Gasteiger partial charge is 0.483 e. The van der Waals surface area contributed by atoms with Crippen molar-refractivity contribution in [2.75, 3.05) is 6.61 Å². The van der Waals surface area contributed by atoms with E-state index in [2.05, 4.69) is 5.32 Å². The number of ether oxygens (including phenoxy) is 1. The van der Waals surface area contributed by atoms with Crippen molar-refractivity contribution in [1.29, 1.82) is 0 Å². The molecule has 3 N–H and O–H groups in total. The molecule has 0 aliphatic rings. The standard InChI is InChI=1S/C18H20N2O3/c1-12-8-9-15(18(19)22)16(10-12)23-11-17(21)20-13(2)14-6-4-3-5-7-14/h3-10,13H,11H2,1-2H3,(H2,19,22)(H,20,21)/t13-/m1/s1. The Bertz CT molecular complexity index is 699. The lowest BCUT2D eigenvalue weighted by Gasteiger charge is -2.15. The minimum absolute atomic E-state index is 0.125. The van der Waals surface area contributed by atoms with Gasteiger partial charge in [-0.3, -0.25) is 9.59 Å². The Morgan fingerprint density at radius 2 is 1.87 bits per heavy atom. The lowest BCUT2D eigenvalue weighted by atomic mass is 10.1. The van der Waals surface area contributed by atoms with Crippen LogP contribution in [0.5, 0.6) is 5.75 Å². The zero-order valence-electron chi connectivity index (χ0n) is 13.2. The van der Waals surface area contributed by atoms with Gasteiger partial charge in [0, 0.05) is 0 Å². The minimum Gasteiger partial charge on any atom is -0.483 e. The predicted molar refractivity (Wildman–Crippen MR) is 88.2 cm³/mol. The van der Waals surface area contributed by atoms with E-state index in [0.717, 1.165) is 11.1 Å². The molecule has 2 aromatic carbocycles. The van der Waals surface area contributed by atoms with Crippen molar-refractivity contribution in [3.8, 4) is 5.75 Å². The lowest BCUT2D eigenvalue weighted by Crippen LogP contribution is -2.31. The molecular formula is C18H20N2O3. The summed E-state index contributed by atoms with van der Waals surface area (Å²) in [6.45, 7) is 3.59. The normalized spacial score (nSPS) is 11.6. The Balaban J connectivity index is 1.97. The highest BCUT2D eigenvalue weighted by molar-refractivity contribution is 5.95. The van der Waals surface area contributed by atoms with Gasteiger partial charge >= 0.3 is 0 Å². The first-order valence-corrected chi connectivity index (χ1v) is 7.35. The lowest BCUT2D eigenvalue weighted by molar-refractivity contribution is -0.123. The second-order valence-electron chi connectivity index (χ2n) is 5.35. The molecule has 0 heterocycles. The zero-order chi connectivity index (χ0) is 16.8. The number of hydrogen-bond acceptors (Lipinski definition) is 3. The van der Waals surface area contributed by atoms with Crippen molar-refractivity contribution >= 4 is 11.8 Å². The number of amides is 2. The molecule has 0 radical (unpaired) electrons. The molecule has 0 aliphatic heterocycles. The molecule has 1 atom stereocenters. The first kappa shape index (κ1) is 16.5. The highest BCUT2D eigenvalue weighted by atomic mass is 16.5. The van der Waals surface area contributed by atoms with Crippen molar-refractivity contribution in [1.82, 2.24) is 5.32 Å². The van der Waals surface area contributed by atoms with Gasteiger partial charge in [0.25, 0.3) is 11.8 Å². The summed E-state index contributed by atoms with van der Waals surface area (Å²) >= 11 is 0. The summed E-state index contributed by atoms with van der Waals surface area (Å²) in [4.78, 5) is 23.4. The van der Waals surface area contributed by atoms with Crippen LogP contribution in [0.3, 0.4) is 0 Å². The van der Waals surface area contributed by atoms with Gasteiger partial charge in [-0.2, -0.15) is 0 Å². The maximum absolute atomic E-state index is 12.0. The van der Waals surface area contributed by atoms with Gasteiger partial charge in [0.05, 0.1) is 11.6 Å². The molecule has 2 amide bonds. The van der Waals surface area contributed by atoms with Crippen LogP contribution in [0.25, 0.3) is 0 Å². The van der Waals surface area contributed by atoms with E-state index in [1.807, 2.05) is 44.2 Å². The van der Waals surface area contributed by atoms with Gasteiger partial charge in [-0.25, -0.2) is 0 Å². The molecular weight excluding hydrogens is 292 g/mol. The quantitative estimate of drug-likeness (QED) is 0.859. The van der Waals surface area contributed by atoms with E-state index in [9.17, 15) is 9.59 Å². The summed E-state index contributed by atoms with van der Waals surface area (Å²) in [7, 11) is 0. The maximum atomic E-state index is 12.0. The molecule has 0 fully saturated rings. The second kappa shape index (κ2) is 7.45. The second-order valence-corrected chi connectivity index (χ2v) is 5.35. The number of hydrogen-bond donors (Lipinski definition) is 2. The topological polar surface area (TPSA) is 81.4 Å². The molecule has 0 aromatic heterocycles. The van der Waals surface area contributed by atoms with Gasteiger partial charge in [0.1, 0.15) is 5.75 Å². The van der Waals surface area contributed by atoms with Crippen LogP contribution in [-0.4, -0.2) is 18.4 Å². The van der Waals surface area contributed by atoms with Crippen LogP contribution in [0, 0.1) is 6.92 Å². The fourth-order valence-corrected chi connectivity index (χ4v) is 2.20. The fraction of sp³-hybridized carbons (Fsp3) is 0.222. The van der Waals surface area contributed by atoms with Crippen LogP contribution in [0.4, 0.5) is 0 Å². The Labute approximate surface area is 135 Å². The Kier molecular flexibility index (Phi) is 5.36. The highest BCUT2D eigenvalue weighted by Gasteiger charge is 2.13. The van der Waals surface area contributed by atoms with Crippen molar-refractivity contribution in [2.45, 2.75) is 19.9 Å². The van der Waals surface area contributed by atoms with E-state index in [1.165, 1.54) is 0 Å². The van der Waals surface area contributed by atoms with Crippen molar-refractivity contribution in [3.05, 3.63) is 65.2 Å². The van der Waals surface area contributed by atoms with Crippen molar-refractivity contribution < 1.29 is 14.3 Å². The van der Waals surface area contributed by atoms with Crippen LogP contribution in [0.2, 0.25) is 0 Å². The molecule has 23 heavy (non-hydrogen) atoms. The fourth-order valence-electron chi connectivity index (χ4n) is 2.20. The molecule has 0 bridgehead atoms. The minimum atomic E-state index is -0.585. The first-order chi connectivity index (χ1) is 11.0. The van der Waals surface area contributed by atoms with E-state index >= 15 is 0 Å². The average molecular weight is 312 g/mol. The highest BCUT2D eigenvalue weighted by Crippen LogP contribution is 2.20. The molecule has 0 saturated carbocycles. The Morgan fingerprint density at radius 3 is 2.52 bits per heavy atom. The number of rotatable bonds is 6. The monoisotopic (exact) mass is 312 g/mol. The van der Waals surface area contributed by atoms with Gasteiger partial charge in [-0.1, -0.05) is 36.4 Å². The summed E-state index contributed by atoms with van der Waals surface area (Å²) < 4.78 is 5.46. The Hall–Kier alpha value is -2.82. The van der Waals surface area contributed by atoms with Crippen LogP contribution in [0.15, 0.2) is 48.5 Å². The summed E-state index contributed by atoms with van der Waals surface area (Å²) in [6, 6.07) is 14.6. The third-order valence-electron chi connectivity index (χ3n) is 3.44. The molecule has 2 aromatic rings. The number of nitrogens with one attached hydrogen (secondary N) is 1. The van der Waals surface area contributed by atoms with Crippen LogP contribution in [-0.2, 0) is 4.79 Å². The molecule has 120 valence electrons.